The first-order chi connectivity index (χ1) is 7.61. The van der Waals surface area contributed by atoms with Crippen molar-refractivity contribution in [3.8, 4) is 0 Å². The molecule has 0 heterocycles. The third-order valence-electron chi connectivity index (χ3n) is 1.69. The molecule has 0 saturated heterocycles. The fourth-order valence-corrected chi connectivity index (χ4v) is 0.996. The van der Waals surface area contributed by atoms with Crippen LogP contribution in [0.2, 0.25) is 0 Å². The van der Waals surface area contributed by atoms with Gasteiger partial charge in [-0.25, -0.2) is 9.18 Å². The maximum Gasteiger partial charge on any atom is 0.407 e. The number of amides is 2. The van der Waals surface area contributed by atoms with E-state index in [2.05, 4.69) is 15.4 Å². The lowest BCUT2D eigenvalue weighted by Gasteiger charge is -2.05. The summed E-state index contributed by atoms with van der Waals surface area (Å²) in [6.07, 6.45) is -0.700. The van der Waals surface area contributed by atoms with Gasteiger partial charge in [0.25, 0.3) is 0 Å². The zero-order valence-electron chi connectivity index (χ0n) is 8.62. The predicted molar refractivity (Wildman–Crippen MR) is 55.4 cm³/mol. The van der Waals surface area contributed by atoms with Crippen LogP contribution in [0.25, 0.3) is 0 Å². The van der Waals surface area contributed by atoms with Crippen molar-refractivity contribution < 1.29 is 18.7 Å². The number of hydrogen-bond donors (Lipinski definition) is 2. The minimum Gasteiger partial charge on any atom is -0.453 e. The minimum atomic E-state index is -0.700. The summed E-state index contributed by atoms with van der Waals surface area (Å²) in [4.78, 5) is 21.9. The Kier molecular flexibility index (Phi) is 4.26. The van der Waals surface area contributed by atoms with Crippen molar-refractivity contribution in [2.24, 2.45) is 0 Å². The lowest BCUT2D eigenvalue weighted by Crippen LogP contribution is -2.32. The van der Waals surface area contributed by atoms with Gasteiger partial charge >= 0.3 is 6.09 Å². The molecule has 0 aliphatic rings. The topological polar surface area (TPSA) is 67.4 Å². The molecule has 1 aromatic rings. The summed E-state index contributed by atoms with van der Waals surface area (Å²) in [5.41, 5.74) is 0.330. The van der Waals surface area contributed by atoms with Crippen molar-refractivity contribution in [1.29, 1.82) is 0 Å². The van der Waals surface area contributed by atoms with Gasteiger partial charge in [0.2, 0.25) is 5.91 Å². The number of benzene rings is 1. The Labute approximate surface area is 91.6 Å². The molecule has 0 aliphatic heterocycles. The normalized spacial score (nSPS) is 9.38. The summed E-state index contributed by atoms with van der Waals surface area (Å²) in [6.45, 7) is -0.233. The van der Waals surface area contributed by atoms with Gasteiger partial charge in [-0.1, -0.05) is 6.07 Å². The van der Waals surface area contributed by atoms with Crippen molar-refractivity contribution in [1.82, 2.24) is 5.32 Å². The molecule has 0 fully saturated rings. The molecular formula is C10H11FN2O3. The molecule has 1 aromatic carbocycles. The van der Waals surface area contributed by atoms with Gasteiger partial charge in [-0.15, -0.1) is 0 Å². The molecule has 0 atom stereocenters. The van der Waals surface area contributed by atoms with E-state index in [1.807, 2.05) is 0 Å². The SMILES string of the molecule is COC(=O)NCC(=O)Nc1cccc(F)c1. The van der Waals surface area contributed by atoms with Crippen molar-refractivity contribution in [2.75, 3.05) is 19.0 Å². The van der Waals surface area contributed by atoms with Crippen molar-refractivity contribution in [2.45, 2.75) is 0 Å². The largest absolute Gasteiger partial charge is 0.453 e. The van der Waals surface area contributed by atoms with Crippen molar-refractivity contribution in [3.05, 3.63) is 30.1 Å². The Bertz CT molecular complexity index is 395. The molecule has 16 heavy (non-hydrogen) atoms. The van der Waals surface area contributed by atoms with E-state index >= 15 is 0 Å². The van der Waals surface area contributed by atoms with Crippen LogP contribution in [-0.4, -0.2) is 25.7 Å². The highest BCUT2D eigenvalue weighted by Crippen LogP contribution is 2.08. The Morgan fingerprint density at radius 1 is 1.44 bits per heavy atom. The summed E-state index contributed by atoms with van der Waals surface area (Å²) < 4.78 is 17.0. The molecule has 0 spiro atoms. The highest BCUT2D eigenvalue weighted by molar-refractivity contribution is 5.93. The summed E-state index contributed by atoms with van der Waals surface area (Å²) in [5.74, 6) is -0.908. The van der Waals surface area contributed by atoms with E-state index in [-0.39, 0.29) is 6.54 Å². The van der Waals surface area contributed by atoms with Crippen LogP contribution in [0.4, 0.5) is 14.9 Å². The van der Waals surface area contributed by atoms with E-state index in [9.17, 15) is 14.0 Å². The predicted octanol–water partition coefficient (Wildman–Crippen LogP) is 1.12. The molecule has 5 nitrogen and oxygen atoms in total. The molecule has 1 rings (SSSR count). The number of nitrogens with one attached hydrogen (secondary N) is 2. The lowest BCUT2D eigenvalue weighted by atomic mass is 10.3. The zero-order valence-corrected chi connectivity index (χ0v) is 8.62. The summed E-state index contributed by atoms with van der Waals surface area (Å²) in [6, 6.07) is 5.45. The van der Waals surface area contributed by atoms with Crippen molar-refractivity contribution in [3.63, 3.8) is 0 Å². The van der Waals surface area contributed by atoms with Gasteiger partial charge < -0.3 is 15.4 Å². The third-order valence-corrected chi connectivity index (χ3v) is 1.69. The number of carbonyl (C=O) groups is 2. The van der Waals surface area contributed by atoms with Gasteiger partial charge in [0.15, 0.2) is 0 Å². The Morgan fingerprint density at radius 3 is 2.81 bits per heavy atom. The smallest absolute Gasteiger partial charge is 0.407 e. The first kappa shape index (κ1) is 12.0. The molecule has 2 N–H and O–H groups in total. The number of ether oxygens (including phenoxy) is 1. The third kappa shape index (κ3) is 3.95. The Morgan fingerprint density at radius 2 is 2.19 bits per heavy atom. The quantitative estimate of drug-likeness (QED) is 0.811. The molecule has 2 amide bonds. The van der Waals surface area contributed by atoms with E-state index in [1.54, 1.807) is 6.07 Å². The fourth-order valence-electron chi connectivity index (χ4n) is 0.996. The molecule has 0 radical (unpaired) electrons. The average molecular weight is 226 g/mol. The standard InChI is InChI=1S/C10H11FN2O3/c1-16-10(15)12-6-9(14)13-8-4-2-3-7(11)5-8/h2-5H,6H2,1H3,(H,12,15)(H,13,14). The van der Waals surface area contributed by atoms with Gasteiger partial charge in [-0.05, 0) is 18.2 Å². The van der Waals surface area contributed by atoms with Crippen LogP contribution in [0.3, 0.4) is 0 Å². The summed E-state index contributed by atoms with van der Waals surface area (Å²) in [7, 11) is 1.19. The van der Waals surface area contributed by atoms with E-state index in [0.29, 0.717) is 5.69 Å². The molecule has 86 valence electrons. The Hall–Kier alpha value is -2.11. The van der Waals surface area contributed by atoms with E-state index in [4.69, 9.17) is 0 Å². The summed E-state index contributed by atoms with van der Waals surface area (Å²) >= 11 is 0. The van der Waals surface area contributed by atoms with E-state index in [1.165, 1.54) is 25.3 Å². The molecule has 0 unspecified atom stereocenters. The van der Waals surface area contributed by atoms with E-state index < -0.39 is 17.8 Å². The van der Waals surface area contributed by atoms with Gasteiger partial charge in [-0.2, -0.15) is 0 Å². The first-order valence-corrected chi connectivity index (χ1v) is 4.49. The maximum absolute atomic E-state index is 12.7. The molecule has 0 bridgehead atoms. The number of methoxy groups -OCH3 is 1. The molecule has 0 saturated carbocycles. The minimum absolute atomic E-state index is 0.233. The number of rotatable bonds is 3. The number of alkyl carbamates (subject to hydrolysis) is 1. The van der Waals surface area contributed by atoms with E-state index in [0.717, 1.165) is 0 Å². The zero-order chi connectivity index (χ0) is 12.0. The monoisotopic (exact) mass is 226 g/mol. The number of hydrogen-bond acceptors (Lipinski definition) is 3. The van der Waals surface area contributed by atoms with Gasteiger partial charge in [0, 0.05) is 5.69 Å². The molecular weight excluding hydrogens is 215 g/mol. The lowest BCUT2D eigenvalue weighted by molar-refractivity contribution is -0.115. The highest BCUT2D eigenvalue weighted by Gasteiger charge is 2.05. The fraction of sp³-hybridized carbons (Fsp3) is 0.200. The molecule has 0 aliphatic carbocycles. The van der Waals surface area contributed by atoms with Gasteiger partial charge in [-0.3, -0.25) is 4.79 Å². The van der Waals surface area contributed by atoms with Crippen LogP contribution in [-0.2, 0) is 9.53 Å². The van der Waals surface area contributed by atoms with Crippen LogP contribution in [0.15, 0.2) is 24.3 Å². The number of anilines is 1. The maximum atomic E-state index is 12.7. The van der Waals surface area contributed by atoms with Gasteiger partial charge in [0.1, 0.15) is 12.4 Å². The van der Waals surface area contributed by atoms with Crippen molar-refractivity contribution >= 4 is 17.7 Å². The van der Waals surface area contributed by atoms with Crippen LogP contribution in [0.1, 0.15) is 0 Å². The molecule has 0 aromatic heterocycles. The second kappa shape index (κ2) is 5.69. The van der Waals surface area contributed by atoms with Gasteiger partial charge in [0.05, 0.1) is 7.11 Å². The second-order valence-corrected chi connectivity index (χ2v) is 2.90. The first-order valence-electron chi connectivity index (χ1n) is 4.49. The average Bonchev–Trinajstić information content (AvgIpc) is 2.26. The van der Waals surface area contributed by atoms with Crippen LogP contribution in [0, 0.1) is 5.82 Å². The van der Waals surface area contributed by atoms with Crippen LogP contribution < -0.4 is 10.6 Å². The second-order valence-electron chi connectivity index (χ2n) is 2.90. The van der Waals surface area contributed by atoms with Crippen LogP contribution in [0.5, 0.6) is 0 Å². The Balaban J connectivity index is 2.43. The van der Waals surface area contributed by atoms with Crippen LogP contribution >= 0.6 is 0 Å². The summed E-state index contributed by atoms with van der Waals surface area (Å²) in [5, 5.41) is 4.61. The number of carbonyl (C=O) groups excluding carboxylic acids is 2. The molecule has 6 heteroatoms. The highest BCUT2D eigenvalue weighted by atomic mass is 19.1. The number of halogens is 1.